The fraction of sp³-hybridized carbons (Fsp3) is 0.417. The van der Waals surface area contributed by atoms with Crippen LogP contribution in [0.5, 0.6) is 0 Å². The summed E-state index contributed by atoms with van der Waals surface area (Å²) in [5.74, 6) is 0. The van der Waals surface area contributed by atoms with Crippen molar-refractivity contribution in [3.63, 3.8) is 0 Å². The summed E-state index contributed by atoms with van der Waals surface area (Å²) in [6, 6.07) is 5.96. The van der Waals surface area contributed by atoms with Crippen LogP contribution in [-0.4, -0.2) is 38.1 Å². The molecule has 15 heavy (non-hydrogen) atoms. The summed E-state index contributed by atoms with van der Waals surface area (Å²) in [6.45, 7) is 8.41. The molecule has 0 aliphatic carbocycles. The molecule has 1 aromatic rings. The molecule has 1 heterocycles. The lowest BCUT2D eigenvalue weighted by Crippen LogP contribution is -2.44. The molecule has 0 saturated carbocycles. The van der Waals surface area contributed by atoms with Crippen LogP contribution >= 0.6 is 0 Å². The van der Waals surface area contributed by atoms with Crippen molar-refractivity contribution in [2.24, 2.45) is 0 Å². The Bertz CT molecular complexity index is 341. The van der Waals surface area contributed by atoms with Crippen LogP contribution in [0.1, 0.15) is 5.56 Å². The third-order valence-electron chi connectivity index (χ3n) is 2.95. The average molecular weight is 204 g/mol. The lowest BCUT2D eigenvalue weighted by atomic mass is 10.1. The van der Waals surface area contributed by atoms with E-state index in [0.717, 1.165) is 37.4 Å². The average Bonchev–Trinajstić information content (AvgIpc) is 2.20. The molecule has 1 radical (unpaired) electrons. The van der Waals surface area contributed by atoms with Crippen molar-refractivity contribution in [1.29, 1.82) is 0 Å². The zero-order valence-electron chi connectivity index (χ0n) is 9.24. The minimum absolute atomic E-state index is 0.790. The topological polar surface area (TPSA) is 32.5 Å². The van der Waals surface area contributed by atoms with Gasteiger partial charge in [0.25, 0.3) is 0 Å². The molecule has 1 saturated heterocycles. The van der Waals surface area contributed by atoms with E-state index in [9.17, 15) is 0 Å². The van der Waals surface area contributed by atoms with Gasteiger partial charge in [-0.1, -0.05) is 0 Å². The second-order valence-corrected chi connectivity index (χ2v) is 4.18. The highest BCUT2D eigenvalue weighted by Crippen LogP contribution is 2.23. The zero-order chi connectivity index (χ0) is 10.8. The van der Waals surface area contributed by atoms with Gasteiger partial charge >= 0.3 is 0 Å². The third kappa shape index (κ3) is 2.23. The van der Waals surface area contributed by atoms with Crippen molar-refractivity contribution < 1.29 is 0 Å². The SMILES string of the molecule is [CH2]c1cc(N)ccc1N1CCN(C)CC1. The molecule has 1 fully saturated rings. The van der Waals surface area contributed by atoms with Crippen LogP contribution in [-0.2, 0) is 0 Å². The molecule has 3 heteroatoms. The molecule has 0 bridgehead atoms. The van der Waals surface area contributed by atoms with Gasteiger partial charge in [0.15, 0.2) is 0 Å². The van der Waals surface area contributed by atoms with E-state index in [2.05, 4.69) is 29.8 Å². The summed E-state index contributed by atoms with van der Waals surface area (Å²) in [6.07, 6.45) is 0. The second kappa shape index (κ2) is 4.11. The minimum atomic E-state index is 0.790. The van der Waals surface area contributed by atoms with Gasteiger partial charge in [-0.05, 0) is 37.7 Å². The van der Waals surface area contributed by atoms with Gasteiger partial charge in [0.2, 0.25) is 0 Å². The first-order valence-corrected chi connectivity index (χ1v) is 5.32. The number of anilines is 2. The number of piperazine rings is 1. The van der Waals surface area contributed by atoms with Gasteiger partial charge in [-0.2, -0.15) is 0 Å². The number of likely N-dealkylation sites (N-methyl/N-ethyl adjacent to an activating group) is 1. The van der Waals surface area contributed by atoms with E-state index in [1.807, 2.05) is 12.1 Å². The molecular formula is C12H18N3. The van der Waals surface area contributed by atoms with Crippen molar-refractivity contribution in [3.05, 3.63) is 30.7 Å². The van der Waals surface area contributed by atoms with Crippen LogP contribution in [0.4, 0.5) is 11.4 Å². The maximum atomic E-state index is 5.71. The first-order chi connectivity index (χ1) is 7.16. The van der Waals surface area contributed by atoms with Crippen molar-refractivity contribution in [1.82, 2.24) is 4.90 Å². The molecule has 2 N–H and O–H groups in total. The van der Waals surface area contributed by atoms with Crippen molar-refractivity contribution >= 4 is 11.4 Å². The van der Waals surface area contributed by atoms with Gasteiger partial charge in [0.05, 0.1) is 0 Å². The summed E-state index contributed by atoms with van der Waals surface area (Å²) in [7, 11) is 2.16. The van der Waals surface area contributed by atoms with Gasteiger partial charge in [-0.3, -0.25) is 0 Å². The molecule has 1 aliphatic rings. The maximum Gasteiger partial charge on any atom is 0.0401 e. The Morgan fingerprint density at radius 1 is 1.20 bits per heavy atom. The number of hydrogen-bond donors (Lipinski definition) is 1. The number of nitrogens with zero attached hydrogens (tertiary/aromatic N) is 2. The quantitative estimate of drug-likeness (QED) is 0.698. The minimum Gasteiger partial charge on any atom is -0.399 e. The molecule has 0 spiro atoms. The van der Waals surface area contributed by atoms with E-state index in [4.69, 9.17) is 5.73 Å². The molecule has 81 valence electrons. The number of hydrogen-bond acceptors (Lipinski definition) is 3. The van der Waals surface area contributed by atoms with Gasteiger partial charge in [0.1, 0.15) is 0 Å². The zero-order valence-corrected chi connectivity index (χ0v) is 9.24. The molecule has 3 nitrogen and oxygen atoms in total. The van der Waals surface area contributed by atoms with E-state index in [1.54, 1.807) is 0 Å². The van der Waals surface area contributed by atoms with Gasteiger partial charge < -0.3 is 15.5 Å². The first-order valence-electron chi connectivity index (χ1n) is 5.32. The fourth-order valence-corrected chi connectivity index (χ4v) is 1.96. The highest BCUT2D eigenvalue weighted by atomic mass is 15.2. The van der Waals surface area contributed by atoms with Crippen molar-refractivity contribution in [2.75, 3.05) is 43.9 Å². The molecule has 0 atom stereocenters. The van der Waals surface area contributed by atoms with E-state index in [-0.39, 0.29) is 0 Å². The van der Waals surface area contributed by atoms with Crippen molar-refractivity contribution in [3.8, 4) is 0 Å². The highest BCUT2D eigenvalue weighted by Gasteiger charge is 2.15. The highest BCUT2D eigenvalue weighted by molar-refractivity contribution is 5.61. The number of benzene rings is 1. The lowest BCUT2D eigenvalue weighted by molar-refractivity contribution is 0.313. The molecule has 0 unspecified atom stereocenters. The Morgan fingerprint density at radius 2 is 1.87 bits per heavy atom. The van der Waals surface area contributed by atoms with Gasteiger partial charge in [-0.25, -0.2) is 0 Å². The monoisotopic (exact) mass is 204 g/mol. The second-order valence-electron chi connectivity index (χ2n) is 4.18. The van der Waals surface area contributed by atoms with Crippen LogP contribution < -0.4 is 10.6 Å². The van der Waals surface area contributed by atoms with E-state index >= 15 is 0 Å². The van der Waals surface area contributed by atoms with Gasteiger partial charge in [-0.15, -0.1) is 0 Å². The summed E-state index contributed by atoms with van der Waals surface area (Å²) in [4.78, 5) is 4.72. The van der Waals surface area contributed by atoms with Gasteiger partial charge in [0, 0.05) is 37.6 Å². The van der Waals surface area contributed by atoms with E-state index in [0.29, 0.717) is 0 Å². The molecule has 1 aliphatic heterocycles. The number of nitrogens with two attached hydrogens (primary N) is 1. The molecule has 0 amide bonds. The summed E-state index contributed by atoms with van der Waals surface area (Å²) in [5.41, 5.74) is 8.75. The Morgan fingerprint density at radius 3 is 2.47 bits per heavy atom. The summed E-state index contributed by atoms with van der Waals surface area (Å²) < 4.78 is 0. The molecule has 2 rings (SSSR count). The standard InChI is InChI=1S/C12H18N3/c1-10-9-11(13)3-4-12(10)15-7-5-14(2)6-8-15/h3-4,9H,1,5-8,13H2,2H3. The molecule has 1 aromatic carbocycles. The largest absolute Gasteiger partial charge is 0.399 e. The van der Waals surface area contributed by atoms with Crippen molar-refractivity contribution in [2.45, 2.75) is 0 Å². The van der Waals surface area contributed by atoms with E-state index in [1.165, 1.54) is 5.69 Å². The normalized spacial score (nSPS) is 18.1. The first kappa shape index (κ1) is 10.3. The van der Waals surface area contributed by atoms with Crippen LogP contribution in [0, 0.1) is 6.92 Å². The number of rotatable bonds is 1. The van der Waals surface area contributed by atoms with Crippen LogP contribution in [0.3, 0.4) is 0 Å². The lowest BCUT2D eigenvalue weighted by Gasteiger charge is -2.34. The Labute approximate surface area is 91.5 Å². The van der Waals surface area contributed by atoms with Crippen LogP contribution in [0.2, 0.25) is 0 Å². The summed E-state index contributed by atoms with van der Waals surface area (Å²) >= 11 is 0. The maximum absolute atomic E-state index is 5.71. The third-order valence-corrected chi connectivity index (χ3v) is 2.95. The Hall–Kier alpha value is -1.22. The fourth-order valence-electron chi connectivity index (χ4n) is 1.96. The summed E-state index contributed by atoms with van der Waals surface area (Å²) in [5, 5.41) is 0. The smallest absolute Gasteiger partial charge is 0.0401 e. The molecular weight excluding hydrogens is 186 g/mol. The van der Waals surface area contributed by atoms with E-state index < -0.39 is 0 Å². The molecule has 0 aromatic heterocycles. The number of nitrogen functional groups attached to an aromatic ring is 1. The predicted octanol–water partition coefficient (Wildman–Crippen LogP) is 1.20. The predicted molar refractivity (Wildman–Crippen MR) is 65.0 cm³/mol. The van der Waals surface area contributed by atoms with Crippen LogP contribution in [0.15, 0.2) is 18.2 Å². The Balaban J connectivity index is 2.15. The van der Waals surface area contributed by atoms with Crippen LogP contribution in [0.25, 0.3) is 0 Å². The Kier molecular flexibility index (Phi) is 2.82.